The first-order valence-corrected chi connectivity index (χ1v) is 8.52. The van der Waals surface area contributed by atoms with Gasteiger partial charge in [-0.15, -0.1) is 11.3 Å². The second-order valence-electron chi connectivity index (χ2n) is 4.16. The molecule has 0 aromatic carbocycles. The molecule has 0 aliphatic heterocycles. The Morgan fingerprint density at radius 1 is 1.50 bits per heavy atom. The molecule has 0 saturated heterocycles. The average molecular weight is 347 g/mol. The smallest absolute Gasteiger partial charge is 0.326 e. The number of thiazole rings is 1. The van der Waals surface area contributed by atoms with Gasteiger partial charge in [0.2, 0.25) is 0 Å². The van der Waals surface area contributed by atoms with Crippen LogP contribution in [-0.4, -0.2) is 59.6 Å². The predicted molar refractivity (Wildman–Crippen MR) is 84.5 cm³/mol. The van der Waals surface area contributed by atoms with Gasteiger partial charge in [0.25, 0.3) is 11.8 Å². The second kappa shape index (κ2) is 9.38. The maximum Gasteiger partial charge on any atom is 0.326 e. The molecule has 0 aliphatic carbocycles. The van der Waals surface area contributed by atoms with E-state index >= 15 is 0 Å². The third-order valence-corrected chi connectivity index (χ3v) is 3.87. The summed E-state index contributed by atoms with van der Waals surface area (Å²) >= 11 is 2.57. The normalized spacial score (nSPS) is 11.7. The van der Waals surface area contributed by atoms with E-state index in [2.05, 4.69) is 20.4 Å². The fourth-order valence-electron chi connectivity index (χ4n) is 1.45. The van der Waals surface area contributed by atoms with Gasteiger partial charge in [0.15, 0.2) is 5.13 Å². The van der Waals surface area contributed by atoms with E-state index in [0.29, 0.717) is 12.2 Å². The molecule has 1 rings (SSSR count). The van der Waals surface area contributed by atoms with Crippen LogP contribution in [0.5, 0.6) is 0 Å². The Bertz CT molecular complexity index is 535. The number of carboxylic acids is 1. The molecule has 22 heavy (non-hydrogen) atoms. The topological polar surface area (TPSA) is 118 Å². The molecule has 1 aromatic heterocycles. The number of amides is 2. The molecule has 122 valence electrons. The van der Waals surface area contributed by atoms with Crippen LogP contribution in [0.3, 0.4) is 0 Å². The fraction of sp³-hybridized carbons (Fsp3) is 0.500. The van der Waals surface area contributed by atoms with Crippen LogP contribution >= 0.6 is 23.1 Å². The van der Waals surface area contributed by atoms with Gasteiger partial charge in [0.1, 0.15) is 18.3 Å². The van der Waals surface area contributed by atoms with Crippen molar-refractivity contribution in [3.63, 3.8) is 0 Å². The number of carboxylic acid groups (broad SMARTS) is 1. The minimum absolute atomic E-state index is 0.0631. The molecule has 2 amide bonds. The Morgan fingerprint density at radius 3 is 2.82 bits per heavy atom. The molecular formula is C12H17N3O5S2. The Kier molecular flexibility index (Phi) is 7.85. The maximum absolute atomic E-state index is 12.0. The molecule has 3 N–H and O–H groups in total. The van der Waals surface area contributed by atoms with Gasteiger partial charge >= 0.3 is 5.97 Å². The van der Waals surface area contributed by atoms with Gasteiger partial charge < -0.3 is 15.2 Å². The first-order valence-electron chi connectivity index (χ1n) is 6.24. The van der Waals surface area contributed by atoms with Crippen molar-refractivity contribution in [2.24, 2.45) is 0 Å². The number of aliphatic carboxylic acids is 1. The van der Waals surface area contributed by atoms with E-state index in [0.717, 1.165) is 11.3 Å². The fourth-order valence-corrected chi connectivity index (χ4v) is 2.63. The monoisotopic (exact) mass is 347 g/mol. The van der Waals surface area contributed by atoms with Crippen molar-refractivity contribution in [3.8, 4) is 0 Å². The molecule has 10 heteroatoms. The van der Waals surface area contributed by atoms with Gasteiger partial charge in [0.05, 0.1) is 0 Å². The standard InChI is InChI=1S/C12H17N3O5S2/c1-20-5-9(16)15-12-14-8(6-22-12)10(17)13-7(11(18)19)3-4-21-2/h6-7H,3-5H2,1-2H3,(H,13,17)(H,18,19)(H,14,15,16). The zero-order valence-corrected chi connectivity index (χ0v) is 13.8. The van der Waals surface area contributed by atoms with E-state index in [1.54, 1.807) is 0 Å². The summed E-state index contributed by atoms with van der Waals surface area (Å²) in [4.78, 5) is 38.3. The summed E-state index contributed by atoms with van der Waals surface area (Å²) in [5, 5.41) is 15.7. The lowest BCUT2D eigenvalue weighted by molar-refractivity contribution is -0.139. The van der Waals surface area contributed by atoms with Gasteiger partial charge in [-0.2, -0.15) is 11.8 Å². The first kappa shape index (κ1) is 18.4. The molecule has 0 radical (unpaired) electrons. The molecule has 0 fully saturated rings. The van der Waals surface area contributed by atoms with E-state index in [1.807, 2.05) is 6.26 Å². The second-order valence-corrected chi connectivity index (χ2v) is 6.01. The van der Waals surface area contributed by atoms with Crippen LogP contribution in [0.15, 0.2) is 5.38 Å². The summed E-state index contributed by atoms with van der Waals surface area (Å²) in [5.74, 6) is -1.44. The zero-order chi connectivity index (χ0) is 16.5. The number of carbonyl (C=O) groups is 3. The van der Waals surface area contributed by atoms with Gasteiger partial charge in [-0.05, 0) is 18.4 Å². The predicted octanol–water partition coefficient (Wildman–Crippen LogP) is 0.664. The van der Waals surface area contributed by atoms with Gasteiger partial charge in [-0.1, -0.05) is 0 Å². The van der Waals surface area contributed by atoms with Crippen molar-refractivity contribution in [1.29, 1.82) is 0 Å². The minimum Gasteiger partial charge on any atom is -0.480 e. The third-order valence-electron chi connectivity index (χ3n) is 2.47. The highest BCUT2D eigenvalue weighted by Gasteiger charge is 2.21. The maximum atomic E-state index is 12.0. The van der Waals surface area contributed by atoms with Crippen molar-refractivity contribution < 1.29 is 24.2 Å². The highest BCUT2D eigenvalue weighted by molar-refractivity contribution is 7.98. The third kappa shape index (κ3) is 6.00. The van der Waals surface area contributed by atoms with Crippen LogP contribution < -0.4 is 10.6 Å². The number of thioether (sulfide) groups is 1. The van der Waals surface area contributed by atoms with Gasteiger partial charge in [-0.25, -0.2) is 9.78 Å². The van der Waals surface area contributed by atoms with Crippen LogP contribution in [0, 0.1) is 0 Å². The van der Waals surface area contributed by atoms with E-state index < -0.39 is 17.9 Å². The van der Waals surface area contributed by atoms with E-state index in [1.165, 1.54) is 24.3 Å². The molecular weight excluding hydrogens is 330 g/mol. The lowest BCUT2D eigenvalue weighted by atomic mass is 10.2. The van der Waals surface area contributed by atoms with E-state index in [-0.39, 0.29) is 23.3 Å². The summed E-state index contributed by atoms with van der Waals surface area (Å²) < 4.78 is 4.66. The zero-order valence-electron chi connectivity index (χ0n) is 12.1. The number of hydrogen-bond donors (Lipinski definition) is 3. The van der Waals surface area contributed by atoms with Crippen molar-refractivity contribution in [3.05, 3.63) is 11.1 Å². The Hall–Kier alpha value is -1.65. The molecule has 0 saturated carbocycles. The van der Waals surface area contributed by atoms with Crippen LogP contribution in [0.1, 0.15) is 16.9 Å². The SMILES string of the molecule is COCC(=O)Nc1nc(C(=O)NC(CCSC)C(=O)O)cs1. The summed E-state index contributed by atoms with van der Waals surface area (Å²) in [6.45, 7) is -0.114. The minimum atomic E-state index is -1.09. The number of rotatable bonds is 9. The first-order chi connectivity index (χ1) is 10.5. The molecule has 1 aromatic rings. The molecule has 8 nitrogen and oxygen atoms in total. The molecule has 1 atom stereocenters. The number of hydrogen-bond acceptors (Lipinski definition) is 7. The number of nitrogens with zero attached hydrogens (tertiary/aromatic N) is 1. The highest BCUT2D eigenvalue weighted by Crippen LogP contribution is 2.15. The summed E-state index contributed by atoms with van der Waals surface area (Å²) in [7, 11) is 1.39. The lowest BCUT2D eigenvalue weighted by Crippen LogP contribution is -2.41. The van der Waals surface area contributed by atoms with E-state index in [4.69, 9.17) is 5.11 Å². The molecule has 1 unspecified atom stereocenters. The van der Waals surface area contributed by atoms with Crippen molar-refractivity contribution >= 4 is 46.0 Å². The van der Waals surface area contributed by atoms with Gasteiger partial charge in [-0.3, -0.25) is 14.9 Å². The lowest BCUT2D eigenvalue weighted by Gasteiger charge is -2.12. The van der Waals surface area contributed by atoms with E-state index in [9.17, 15) is 14.4 Å². The molecule has 0 bridgehead atoms. The van der Waals surface area contributed by atoms with Gasteiger partial charge in [0, 0.05) is 12.5 Å². The quantitative estimate of drug-likeness (QED) is 0.601. The number of anilines is 1. The van der Waals surface area contributed by atoms with Crippen molar-refractivity contribution in [2.75, 3.05) is 31.0 Å². The van der Waals surface area contributed by atoms with Crippen LogP contribution in [0.4, 0.5) is 5.13 Å². The summed E-state index contributed by atoms with van der Waals surface area (Å²) in [5.41, 5.74) is 0.0631. The molecule has 1 heterocycles. The van der Waals surface area contributed by atoms with Crippen molar-refractivity contribution in [1.82, 2.24) is 10.3 Å². The van der Waals surface area contributed by atoms with Crippen molar-refractivity contribution in [2.45, 2.75) is 12.5 Å². The summed E-state index contributed by atoms with van der Waals surface area (Å²) in [6.07, 6.45) is 2.18. The average Bonchev–Trinajstić information content (AvgIpc) is 2.91. The van der Waals surface area contributed by atoms with Crippen LogP contribution in [-0.2, 0) is 14.3 Å². The number of aromatic nitrogens is 1. The molecule has 0 aliphatic rings. The van der Waals surface area contributed by atoms with Crippen LogP contribution in [0.25, 0.3) is 0 Å². The largest absolute Gasteiger partial charge is 0.480 e. The highest BCUT2D eigenvalue weighted by atomic mass is 32.2. The number of nitrogens with one attached hydrogen (secondary N) is 2. The number of ether oxygens (including phenoxy) is 1. The molecule has 0 spiro atoms. The number of carbonyl (C=O) groups excluding carboxylic acids is 2. The number of methoxy groups -OCH3 is 1. The Morgan fingerprint density at radius 2 is 2.23 bits per heavy atom. The Balaban J connectivity index is 2.63. The van der Waals surface area contributed by atoms with Crippen LogP contribution in [0.2, 0.25) is 0 Å². The summed E-state index contributed by atoms with van der Waals surface area (Å²) in [6, 6.07) is -0.965. The Labute approximate surface area is 135 Å².